The zero-order chi connectivity index (χ0) is 13.2. The van der Waals surface area contributed by atoms with E-state index in [0.717, 1.165) is 12.5 Å². The highest BCUT2D eigenvalue weighted by atomic mass is 16.5. The van der Waals surface area contributed by atoms with Crippen molar-refractivity contribution in [3.05, 3.63) is 0 Å². The maximum absolute atomic E-state index is 12.8. The SMILES string of the molecule is CNC1COCC1C(=O)N1CCC[C@H]2CCCC[C@H]21. The Hall–Kier alpha value is -0.610. The second-order valence-corrected chi connectivity index (χ2v) is 6.32. The molecule has 0 bridgehead atoms. The van der Waals surface area contributed by atoms with Gasteiger partial charge in [0.25, 0.3) is 0 Å². The fraction of sp³-hybridized carbons (Fsp3) is 0.933. The van der Waals surface area contributed by atoms with Gasteiger partial charge in [-0.3, -0.25) is 4.79 Å². The molecular weight excluding hydrogens is 240 g/mol. The quantitative estimate of drug-likeness (QED) is 0.821. The van der Waals surface area contributed by atoms with Crippen LogP contribution in [0.4, 0.5) is 0 Å². The van der Waals surface area contributed by atoms with Crippen LogP contribution in [0.1, 0.15) is 38.5 Å². The van der Waals surface area contributed by atoms with Crippen LogP contribution in [0, 0.1) is 11.8 Å². The molecule has 2 saturated heterocycles. The molecule has 1 N–H and O–H groups in total. The van der Waals surface area contributed by atoms with Gasteiger partial charge in [-0.25, -0.2) is 0 Å². The predicted molar refractivity (Wildman–Crippen MR) is 73.8 cm³/mol. The van der Waals surface area contributed by atoms with Gasteiger partial charge in [0, 0.05) is 18.6 Å². The number of nitrogens with one attached hydrogen (secondary N) is 1. The van der Waals surface area contributed by atoms with Crippen molar-refractivity contribution < 1.29 is 9.53 Å². The highest BCUT2D eigenvalue weighted by Gasteiger charge is 2.41. The normalized spacial score (nSPS) is 39.1. The van der Waals surface area contributed by atoms with Gasteiger partial charge in [0.15, 0.2) is 0 Å². The molecule has 0 radical (unpaired) electrons. The van der Waals surface area contributed by atoms with E-state index in [0.29, 0.717) is 25.2 Å². The summed E-state index contributed by atoms with van der Waals surface area (Å²) in [5.41, 5.74) is 0. The lowest BCUT2D eigenvalue weighted by molar-refractivity contribution is -0.142. The molecule has 19 heavy (non-hydrogen) atoms. The number of nitrogens with zero attached hydrogens (tertiary/aromatic N) is 1. The molecule has 3 fully saturated rings. The fourth-order valence-electron chi connectivity index (χ4n) is 4.19. The Morgan fingerprint density at radius 3 is 2.79 bits per heavy atom. The number of hydrogen-bond donors (Lipinski definition) is 1. The third-order valence-electron chi connectivity index (χ3n) is 5.29. The Balaban J connectivity index is 1.71. The minimum absolute atomic E-state index is 0.0330. The number of hydrogen-bond acceptors (Lipinski definition) is 3. The molecule has 1 saturated carbocycles. The van der Waals surface area contributed by atoms with Crippen LogP contribution >= 0.6 is 0 Å². The average Bonchev–Trinajstić information content (AvgIpc) is 2.94. The largest absolute Gasteiger partial charge is 0.379 e. The van der Waals surface area contributed by atoms with Crippen molar-refractivity contribution in [2.45, 2.75) is 50.6 Å². The number of piperidine rings is 1. The fourth-order valence-corrected chi connectivity index (χ4v) is 4.19. The lowest BCUT2D eigenvalue weighted by atomic mass is 9.78. The first-order valence-electron chi connectivity index (χ1n) is 7.86. The minimum atomic E-state index is 0.0330. The van der Waals surface area contributed by atoms with Crippen molar-refractivity contribution >= 4 is 5.91 Å². The van der Waals surface area contributed by atoms with Crippen LogP contribution in [0.5, 0.6) is 0 Å². The van der Waals surface area contributed by atoms with E-state index < -0.39 is 0 Å². The molecule has 4 atom stereocenters. The number of likely N-dealkylation sites (N-methyl/N-ethyl adjacent to an activating group) is 1. The van der Waals surface area contributed by atoms with Crippen molar-refractivity contribution in [3.63, 3.8) is 0 Å². The Morgan fingerprint density at radius 2 is 1.95 bits per heavy atom. The second-order valence-electron chi connectivity index (χ2n) is 6.32. The molecular formula is C15H26N2O2. The van der Waals surface area contributed by atoms with Gasteiger partial charge < -0.3 is 15.0 Å². The number of amides is 1. The second kappa shape index (κ2) is 5.80. The average molecular weight is 266 g/mol. The van der Waals surface area contributed by atoms with Gasteiger partial charge in [-0.05, 0) is 38.6 Å². The maximum Gasteiger partial charge on any atom is 0.229 e. The molecule has 1 amide bonds. The van der Waals surface area contributed by atoms with E-state index in [2.05, 4.69) is 10.2 Å². The van der Waals surface area contributed by atoms with Crippen LogP contribution in [0.15, 0.2) is 0 Å². The van der Waals surface area contributed by atoms with Gasteiger partial charge in [0.1, 0.15) is 0 Å². The summed E-state index contributed by atoms with van der Waals surface area (Å²) in [6.45, 7) is 2.24. The van der Waals surface area contributed by atoms with Crippen LogP contribution in [0.3, 0.4) is 0 Å². The summed E-state index contributed by atoms with van der Waals surface area (Å²) in [7, 11) is 1.93. The molecule has 2 unspecified atom stereocenters. The van der Waals surface area contributed by atoms with Crippen LogP contribution in [-0.4, -0.2) is 49.7 Å². The Bertz CT molecular complexity index is 332. The summed E-state index contributed by atoms with van der Waals surface area (Å²) in [5, 5.41) is 3.23. The third-order valence-corrected chi connectivity index (χ3v) is 5.29. The first kappa shape index (κ1) is 13.4. The summed E-state index contributed by atoms with van der Waals surface area (Å²) in [6, 6.07) is 0.726. The molecule has 4 nitrogen and oxygen atoms in total. The van der Waals surface area contributed by atoms with E-state index >= 15 is 0 Å². The highest BCUT2D eigenvalue weighted by molar-refractivity contribution is 5.80. The molecule has 0 spiro atoms. The molecule has 3 aliphatic rings. The van der Waals surface area contributed by atoms with E-state index in [1.165, 1.54) is 38.5 Å². The number of ether oxygens (including phenoxy) is 1. The van der Waals surface area contributed by atoms with E-state index in [4.69, 9.17) is 4.74 Å². The smallest absolute Gasteiger partial charge is 0.229 e. The monoisotopic (exact) mass is 266 g/mol. The molecule has 3 rings (SSSR count). The Kier molecular flexibility index (Phi) is 4.08. The molecule has 2 heterocycles. The molecule has 108 valence electrons. The molecule has 0 aromatic carbocycles. The number of fused-ring (bicyclic) bond motifs is 1. The van der Waals surface area contributed by atoms with Crippen molar-refractivity contribution in [2.75, 3.05) is 26.8 Å². The van der Waals surface area contributed by atoms with Crippen molar-refractivity contribution in [1.82, 2.24) is 10.2 Å². The first-order valence-corrected chi connectivity index (χ1v) is 7.86. The standard InChI is InChI=1S/C15H26N2O2/c1-16-13-10-19-9-12(13)15(18)17-8-4-6-11-5-2-3-7-14(11)17/h11-14,16H,2-10H2,1H3/t11-,12?,13?,14-/m1/s1. The third kappa shape index (κ3) is 2.52. The van der Waals surface area contributed by atoms with Gasteiger partial charge in [-0.15, -0.1) is 0 Å². The minimum Gasteiger partial charge on any atom is -0.379 e. The van der Waals surface area contributed by atoms with Crippen molar-refractivity contribution in [3.8, 4) is 0 Å². The van der Waals surface area contributed by atoms with Crippen LogP contribution < -0.4 is 5.32 Å². The molecule has 0 aromatic rings. The zero-order valence-corrected chi connectivity index (χ0v) is 11.9. The first-order chi connectivity index (χ1) is 9.31. The predicted octanol–water partition coefficient (Wildman–Crippen LogP) is 1.40. The number of carbonyl (C=O) groups is 1. The number of carbonyl (C=O) groups excluding carboxylic acids is 1. The summed E-state index contributed by atoms with van der Waals surface area (Å²) in [4.78, 5) is 15.0. The van der Waals surface area contributed by atoms with Crippen LogP contribution in [-0.2, 0) is 9.53 Å². The van der Waals surface area contributed by atoms with Crippen molar-refractivity contribution in [2.24, 2.45) is 11.8 Å². The summed E-state index contributed by atoms with van der Waals surface area (Å²) < 4.78 is 5.50. The van der Waals surface area contributed by atoms with E-state index in [1.807, 2.05) is 7.05 Å². The highest BCUT2D eigenvalue weighted by Crippen LogP contribution is 2.36. The number of likely N-dealkylation sites (tertiary alicyclic amines) is 1. The van der Waals surface area contributed by atoms with Crippen molar-refractivity contribution in [1.29, 1.82) is 0 Å². The van der Waals surface area contributed by atoms with E-state index in [1.54, 1.807) is 0 Å². The Morgan fingerprint density at radius 1 is 1.16 bits per heavy atom. The van der Waals surface area contributed by atoms with Crippen LogP contribution in [0.25, 0.3) is 0 Å². The summed E-state index contributed by atoms with van der Waals surface area (Å²) in [6.07, 6.45) is 7.70. The molecule has 4 heteroatoms. The van der Waals surface area contributed by atoms with Crippen LogP contribution in [0.2, 0.25) is 0 Å². The number of rotatable bonds is 2. The van der Waals surface area contributed by atoms with E-state index in [9.17, 15) is 4.79 Å². The Labute approximate surface area is 115 Å². The lowest BCUT2D eigenvalue weighted by Crippen LogP contribution is -2.54. The van der Waals surface area contributed by atoms with Gasteiger partial charge in [0.2, 0.25) is 5.91 Å². The van der Waals surface area contributed by atoms with Gasteiger partial charge in [0.05, 0.1) is 19.1 Å². The molecule has 2 aliphatic heterocycles. The van der Waals surface area contributed by atoms with Gasteiger partial charge in [-0.2, -0.15) is 0 Å². The molecule has 0 aromatic heterocycles. The van der Waals surface area contributed by atoms with Gasteiger partial charge in [-0.1, -0.05) is 12.8 Å². The summed E-state index contributed by atoms with van der Waals surface area (Å²) >= 11 is 0. The zero-order valence-electron chi connectivity index (χ0n) is 11.9. The van der Waals surface area contributed by atoms with Gasteiger partial charge >= 0.3 is 0 Å². The maximum atomic E-state index is 12.8. The summed E-state index contributed by atoms with van der Waals surface area (Å²) in [5.74, 6) is 1.14. The van der Waals surface area contributed by atoms with E-state index in [-0.39, 0.29) is 12.0 Å². The lowest BCUT2D eigenvalue weighted by Gasteiger charge is -2.45. The molecule has 1 aliphatic carbocycles. The topological polar surface area (TPSA) is 41.6 Å².